The van der Waals surface area contributed by atoms with Crippen molar-refractivity contribution >= 4 is 0 Å². The van der Waals surface area contributed by atoms with E-state index in [9.17, 15) is 0 Å². The van der Waals surface area contributed by atoms with Crippen LogP contribution in [0.2, 0.25) is 0 Å². The van der Waals surface area contributed by atoms with Gasteiger partial charge < -0.3 is 15.0 Å². The molecule has 2 N–H and O–H groups in total. The van der Waals surface area contributed by atoms with Gasteiger partial charge in [0.15, 0.2) is 5.76 Å². The maximum absolute atomic E-state index is 5.76. The number of benzene rings is 1. The van der Waals surface area contributed by atoms with Crippen LogP contribution in [0, 0.1) is 0 Å². The molecule has 2 rings (SSSR count). The number of nitrogens with zero attached hydrogens (tertiary/aromatic N) is 1. The molecule has 17 heavy (non-hydrogen) atoms. The molecule has 1 unspecified atom stereocenters. The molecule has 0 saturated carbocycles. The van der Waals surface area contributed by atoms with Crippen LogP contribution in [0.1, 0.15) is 18.2 Å². The molecule has 1 atom stereocenters. The number of hydrogen-bond donors (Lipinski definition) is 1. The Kier molecular flexibility index (Phi) is 3.77. The summed E-state index contributed by atoms with van der Waals surface area (Å²) in [5.41, 5.74) is 6.94. The minimum Gasteiger partial charge on any atom is -0.486 e. The number of nitrogens with two attached hydrogens (primary N) is 1. The molecule has 0 amide bonds. The van der Waals surface area contributed by atoms with Gasteiger partial charge in [0.2, 0.25) is 0 Å². The smallest absolute Gasteiger partial charge is 0.174 e. The summed E-state index contributed by atoms with van der Waals surface area (Å²) < 4.78 is 10.6. The molecule has 0 fully saturated rings. The van der Waals surface area contributed by atoms with Crippen molar-refractivity contribution in [2.75, 3.05) is 0 Å². The van der Waals surface area contributed by atoms with Gasteiger partial charge in [-0.3, -0.25) is 0 Å². The standard InChI is InChI=1S/C13H16N2O2/c1-10(14)7-11-3-2-4-12(8-11)16-9-13-5-6-15-17-13/h2-6,8,10H,7,9,14H2,1H3. The van der Waals surface area contributed by atoms with Crippen LogP contribution in [0.4, 0.5) is 0 Å². The Morgan fingerprint density at radius 3 is 3.00 bits per heavy atom. The summed E-state index contributed by atoms with van der Waals surface area (Å²) in [6.45, 7) is 2.38. The second-order valence-electron chi connectivity index (χ2n) is 4.10. The van der Waals surface area contributed by atoms with Crippen LogP contribution in [-0.2, 0) is 13.0 Å². The van der Waals surface area contributed by atoms with Gasteiger partial charge in [-0.15, -0.1) is 0 Å². The molecule has 90 valence electrons. The lowest BCUT2D eigenvalue weighted by Gasteiger charge is -2.08. The van der Waals surface area contributed by atoms with Gasteiger partial charge in [-0.1, -0.05) is 17.3 Å². The Morgan fingerprint density at radius 1 is 1.41 bits per heavy atom. The van der Waals surface area contributed by atoms with Crippen LogP contribution in [0.3, 0.4) is 0 Å². The summed E-state index contributed by atoms with van der Waals surface area (Å²) in [6, 6.07) is 9.87. The van der Waals surface area contributed by atoms with E-state index in [0.29, 0.717) is 12.4 Å². The van der Waals surface area contributed by atoms with Crippen LogP contribution in [-0.4, -0.2) is 11.2 Å². The summed E-state index contributed by atoms with van der Waals surface area (Å²) in [5.74, 6) is 1.53. The van der Waals surface area contributed by atoms with Gasteiger partial charge in [-0.25, -0.2) is 0 Å². The van der Waals surface area contributed by atoms with Gasteiger partial charge in [0, 0.05) is 12.1 Å². The van der Waals surface area contributed by atoms with Crippen molar-refractivity contribution in [3.05, 3.63) is 47.9 Å². The first-order valence-corrected chi connectivity index (χ1v) is 5.61. The largest absolute Gasteiger partial charge is 0.486 e. The fourth-order valence-electron chi connectivity index (χ4n) is 1.61. The second-order valence-corrected chi connectivity index (χ2v) is 4.10. The maximum atomic E-state index is 5.76. The predicted molar refractivity (Wildman–Crippen MR) is 64.6 cm³/mol. The molecule has 0 aliphatic heterocycles. The number of ether oxygens (including phenoxy) is 1. The summed E-state index contributed by atoms with van der Waals surface area (Å²) in [7, 11) is 0. The summed E-state index contributed by atoms with van der Waals surface area (Å²) in [6.07, 6.45) is 2.45. The highest BCUT2D eigenvalue weighted by molar-refractivity contribution is 5.29. The molecule has 0 aliphatic rings. The van der Waals surface area contributed by atoms with E-state index in [1.807, 2.05) is 31.2 Å². The molecule has 1 aromatic heterocycles. The highest BCUT2D eigenvalue weighted by Crippen LogP contribution is 2.16. The fraction of sp³-hybridized carbons (Fsp3) is 0.308. The highest BCUT2D eigenvalue weighted by Gasteiger charge is 2.02. The maximum Gasteiger partial charge on any atom is 0.174 e. The molecular formula is C13H16N2O2. The first-order chi connectivity index (χ1) is 8.24. The Morgan fingerprint density at radius 2 is 2.29 bits per heavy atom. The Bertz CT molecular complexity index is 452. The van der Waals surface area contributed by atoms with E-state index in [0.717, 1.165) is 12.2 Å². The van der Waals surface area contributed by atoms with Gasteiger partial charge in [0.1, 0.15) is 12.4 Å². The quantitative estimate of drug-likeness (QED) is 0.858. The zero-order valence-electron chi connectivity index (χ0n) is 9.80. The normalized spacial score (nSPS) is 12.4. The molecule has 1 aromatic carbocycles. The molecule has 0 aliphatic carbocycles. The van der Waals surface area contributed by atoms with Crippen molar-refractivity contribution in [2.24, 2.45) is 5.73 Å². The van der Waals surface area contributed by atoms with Gasteiger partial charge in [0.05, 0.1) is 6.20 Å². The molecule has 0 spiro atoms. The van der Waals surface area contributed by atoms with Gasteiger partial charge in [0.25, 0.3) is 0 Å². The van der Waals surface area contributed by atoms with E-state index < -0.39 is 0 Å². The van der Waals surface area contributed by atoms with E-state index in [1.165, 1.54) is 5.56 Å². The van der Waals surface area contributed by atoms with Crippen LogP contribution >= 0.6 is 0 Å². The summed E-state index contributed by atoms with van der Waals surface area (Å²) >= 11 is 0. The Balaban J connectivity index is 1.96. The second kappa shape index (κ2) is 5.50. The SMILES string of the molecule is CC(N)Cc1cccc(OCc2ccno2)c1. The van der Waals surface area contributed by atoms with Crippen molar-refractivity contribution in [3.8, 4) is 5.75 Å². The van der Waals surface area contributed by atoms with E-state index in [4.69, 9.17) is 15.0 Å². The van der Waals surface area contributed by atoms with Crippen LogP contribution in [0.5, 0.6) is 5.75 Å². The van der Waals surface area contributed by atoms with Crippen molar-refractivity contribution < 1.29 is 9.26 Å². The predicted octanol–water partition coefficient (Wildman–Crippen LogP) is 2.14. The zero-order chi connectivity index (χ0) is 12.1. The minimum atomic E-state index is 0.152. The average Bonchev–Trinajstić information content (AvgIpc) is 2.79. The minimum absolute atomic E-state index is 0.152. The summed E-state index contributed by atoms with van der Waals surface area (Å²) in [5, 5.41) is 3.62. The third-order valence-corrected chi connectivity index (χ3v) is 2.33. The molecule has 4 nitrogen and oxygen atoms in total. The lowest BCUT2D eigenvalue weighted by molar-refractivity contribution is 0.249. The van der Waals surface area contributed by atoms with E-state index in [-0.39, 0.29) is 6.04 Å². The molecule has 0 radical (unpaired) electrons. The van der Waals surface area contributed by atoms with Gasteiger partial charge in [-0.2, -0.15) is 0 Å². The summed E-state index contributed by atoms with van der Waals surface area (Å²) in [4.78, 5) is 0. The third kappa shape index (κ3) is 3.60. The monoisotopic (exact) mass is 232 g/mol. The van der Waals surface area contributed by atoms with Crippen LogP contribution in [0.15, 0.2) is 41.1 Å². The van der Waals surface area contributed by atoms with Crippen molar-refractivity contribution in [2.45, 2.75) is 26.0 Å². The lowest BCUT2D eigenvalue weighted by atomic mass is 10.1. The topological polar surface area (TPSA) is 61.3 Å². The number of rotatable bonds is 5. The molecule has 1 heterocycles. The van der Waals surface area contributed by atoms with E-state index in [1.54, 1.807) is 12.3 Å². The van der Waals surface area contributed by atoms with Crippen LogP contribution < -0.4 is 10.5 Å². The van der Waals surface area contributed by atoms with Gasteiger partial charge >= 0.3 is 0 Å². The highest BCUT2D eigenvalue weighted by atomic mass is 16.5. The molecule has 2 aromatic rings. The number of hydrogen-bond acceptors (Lipinski definition) is 4. The number of aromatic nitrogens is 1. The van der Waals surface area contributed by atoms with Gasteiger partial charge in [-0.05, 0) is 31.0 Å². The van der Waals surface area contributed by atoms with Crippen LogP contribution in [0.25, 0.3) is 0 Å². The van der Waals surface area contributed by atoms with E-state index >= 15 is 0 Å². The third-order valence-electron chi connectivity index (χ3n) is 2.33. The average molecular weight is 232 g/mol. The molecule has 4 heteroatoms. The first kappa shape index (κ1) is 11.7. The van der Waals surface area contributed by atoms with Crippen molar-refractivity contribution in [3.63, 3.8) is 0 Å². The van der Waals surface area contributed by atoms with Crippen molar-refractivity contribution in [1.82, 2.24) is 5.16 Å². The zero-order valence-corrected chi connectivity index (χ0v) is 9.80. The first-order valence-electron chi connectivity index (χ1n) is 5.61. The lowest BCUT2D eigenvalue weighted by Crippen LogP contribution is -2.17. The van der Waals surface area contributed by atoms with E-state index in [2.05, 4.69) is 5.16 Å². The van der Waals surface area contributed by atoms with Crippen molar-refractivity contribution in [1.29, 1.82) is 0 Å². The molecular weight excluding hydrogens is 216 g/mol. The molecule has 0 saturated heterocycles. The fourth-order valence-corrected chi connectivity index (χ4v) is 1.61. The Hall–Kier alpha value is -1.81. The molecule has 0 bridgehead atoms. The Labute approximate surface area is 100 Å².